The van der Waals surface area contributed by atoms with Crippen LogP contribution in [0.5, 0.6) is 0 Å². The zero-order chi connectivity index (χ0) is 29.8. The molecule has 12 heteroatoms. The molecule has 2 atom stereocenters. The number of carbonyl (C=O) groups excluding carboxylic acids is 1. The van der Waals surface area contributed by atoms with Crippen LogP contribution in [0.2, 0.25) is 10.0 Å². The Morgan fingerprint density at radius 1 is 1.00 bits per heavy atom. The third-order valence-electron chi connectivity index (χ3n) is 6.87. The molecule has 1 heterocycles. The van der Waals surface area contributed by atoms with Crippen LogP contribution in [0, 0.1) is 0 Å². The van der Waals surface area contributed by atoms with E-state index in [0.29, 0.717) is 73.9 Å². The summed E-state index contributed by atoms with van der Waals surface area (Å²) >= 11 is 12.1. The van der Waals surface area contributed by atoms with Crippen LogP contribution in [0.4, 0.5) is 13.2 Å². The second-order valence-electron chi connectivity index (χ2n) is 9.82. The molecule has 2 aromatic rings. The number of halogens is 5. The second kappa shape index (κ2) is 16.6. The summed E-state index contributed by atoms with van der Waals surface area (Å²) in [5.41, 5.74) is 0.581. The Morgan fingerprint density at radius 3 is 2.29 bits per heavy atom. The van der Waals surface area contributed by atoms with Gasteiger partial charge < -0.3 is 23.8 Å². The number of rotatable bonds is 16. The second-order valence-corrected chi connectivity index (χ2v) is 10.6. The lowest BCUT2D eigenvalue weighted by molar-refractivity contribution is -0.137. The lowest BCUT2D eigenvalue weighted by atomic mass is 10.0. The van der Waals surface area contributed by atoms with E-state index in [1.807, 2.05) is 0 Å². The number of hydrogen-bond acceptors (Lipinski definition) is 6. The third kappa shape index (κ3) is 11.0. The lowest BCUT2D eigenvalue weighted by Gasteiger charge is -2.32. The number of ether oxygens (including phenoxy) is 4. The molecule has 0 radical (unpaired) electrons. The highest BCUT2D eigenvalue weighted by atomic mass is 35.5. The first-order valence-electron chi connectivity index (χ1n) is 13.4. The normalized spacial score (nSPS) is 16.7. The monoisotopic (exact) mass is 620 g/mol. The first kappa shape index (κ1) is 33.6. The molecule has 0 aliphatic carbocycles. The fourth-order valence-corrected chi connectivity index (χ4v) is 4.87. The van der Waals surface area contributed by atoms with Crippen molar-refractivity contribution in [3.63, 3.8) is 0 Å². The van der Waals surface area contributed by atoms with E-state index >= 15 is 0 Å². The summed E-state index contributed by atoms with van der Waals surface area (Å²) in [7, 11) is 3.29. The number of likely N-dealkylation sites (tertiary alicyclic amines) is 1. The molecule has 0 spiro atoms. The smallest absolute Gasteiger partial charge is 0.382 e. The Balaban J connectivity index is 1.58. The zero-order valence-electron chi connectivity index (χ0n) is 23.3. The van der Waals surface area contributed by atoms with E-state index in [9.17, 15) is 18.0 Å². The lowest BCUT2D eigenvalue weighted by Crippen LogP contribution is -2.39. The Kier molecular flexibility index (Phi) is 13.6. The number of hydrogen-bond donors (Lipinski definition) is 0. The third-order valence-corrected chi connectivity index (χ3v) is 7.61. The Bertz CT molecular complexity index is 1090. The summed E-state index contributed by atoms with van der Waals surface area (Å²) < 4.78 is 61.3. The predicted octanol–water partition coefficient (Wildman–Crippen LogP) is 5.52. The van der Waals surface area contributed by atoms with Crippen molar-refractivity contribution >= 4 is 29.1 Å². The molecule has 228 valence electrons. The maximum absolute atomic E-state index is 13.3. The molecule has 1 saturated heterocycles. The summed E-state index contributed by atoms with van der Waals surface area (Å²) in [5, 5.41) is 0.742. The van der Waals surface area contributed by atoms with E-state index < -0.39 is 17.8 Å². The molecule has 2 aromatic carbocycles. The number of amides is 1. The van der Waals surface area contributed by atoms with Crippen molar-refractivity contribution in [2.24, 2.45) is 0 Å². The molecule has 0 bridgehead atoms. The molecular weight excluding hydrogens is 584 g/mol. The molecule has 1 fully saturated rings. The van der Waals surface area contributed by atoms with Crippen LogP contribution in [-0.4, -0.2) is 95.2 Å². The first-order chi connectivity index (χ1) is 19.6. The first-order valence-corrected chi connectivity index (χ1v) is 14.2. The minimum absolute atomic E-state index is 0.00188. The fourth-order valence-electron chi connectivity index (χ4n) is 4.55. The van der Waals surface area contributed by atoms with E-state index in [-0.39, 0.29) is 18.4 Å². The quantitative estimate of drug-likeness (QED) is 0.230. The number of methoxy groups -OCH3 is 1. The van der Waals surface area contributed by atoms with Crippen LogP contribution in [0.3, 0.4) is 0 Å². The van der Waals surface area contributed by atoms with Crippen molar-refractivity contribution < 1.29 is 36.9 Å². The zero-order valence-corrected chi connectivity index (χ0v) is 24.8. The van der Waals surface area contributed by atoms with Crippen molar-refractivity contribution in [2.75, 3.05) is 73.4 Å². The Morgan fingerprint density at radius 2 is 1.66 bits per heavy atom. The van der Waals surface area contributed by atoms with Gasteiger partial charge in [0.1, 0.15) is 0 Å². The highest BCUT2D eigenvalue weighted by Gasteiger charge is 2.32. The molecule has 1 amide bonds. The van der Waals surface area contributed by atoms with Crippen molar-refractivity contribution in [1.82, 2.24) is 9.80 Å². The minimum Gasteiger partial charge on any atom is -0.382 e. The van der Waals surface area contributed by atoms with Gasteiger partial charge in [-0.2, -0.15) is 13.2 Å². The largest absolute Gasteiger partial charge is 0.416 e. The highest BCUT2D eigenvalue weighted by Crippen LogP contribution is 2.32. The van der Waals surface area contributed by atoms with Crippen LogP contribution in [-0.2, 0) is 36.3 Å². The molecule has 0 aromatic heterocycles. The standard InChI is InChI=1S/C29H37Cl2F3N2O5/c1-35(28(37)18-21-3-8-25(30)26(31)17-21)27(22-4-6-23(7-5-22)29(32,33)34)20-36-10-9-24(19-36)41-16-15-40-14-13-39-12-11-38-2/h3-8,17,24,27H,9-16,18-20H2,1-2H3. The van der Waals surface area contributed by atoms with Gasteiger partial charge in [-0.05, 0) is 41.8 Å². The number of alkyl halides is 3. The van der Waals surface area contributed by atoms with Gasteiger partial charge in [-0.15, -0.1) is 0 Å². The molecular formula is C29H37Cl2F3N2O5. The van der Waals surface area contributed by atoms with E-state index in [2.05, 4.69) is 4.90 Å². The molecule has 1 aliphatic heterocycles. The summed E-state index contributed by atoms with van der Waals surface area (Å²) in [4.78, 5) is 17.0. The van der Waals surface area contributed by atoms with Crippen LogP contribution in [0.1, 0.15) is 29.2 Å². The van der Waals surface area contributed by atoms with Gasteiger partial charge in [-0.1, -0.05) is 41.4 Å². The number of carbonyl (C=O) groups is 1. The van der Waals surface area contributed by atoms with E-state index in [0.717, 1.165) is 25.1 Å². The van der Waals surface area contributed by atoms with Gasteiger partial charge >= 0.3 is 6.18 Å². The topological polar surface area (TPSA) is 60.5 Å². The Hall–Kier alpha value is -1.92. The van der Waals surface area contributed by atoms with E-state index in [4.69, 9.17) is 42.1 Å². The molecule has 3 rings (SSSR count). The SMILES string of the molecule is COCCOCCOCCOC1CCN(CC(c2ccc(C(F)(F)F)cc2)N(C)C(=O)Cc2ccc(Cl)c(Cl)c2)C1. The number of likely N-dealkylation sites (N-methyl/N-ethyl adjacent to an activating group) is 1. The van der Waals surface area contributed by atoms with Crippen LogP contribution in [0.25, 0.3) is 0 Å². The molecule has 41 heavy (non-hydrogen) atoms. The van der Waals surface area contributed by atoms with Crippen molar-refractivity contribution in [2.45, 2.75) is 31.2 Å². The van der Waals surface area contributed by atoms with E-state index in [1.165, 1.54) is 12.1 Å². The van der Waals surface area contributed by atoms with Crippen molar-refractivity contribution in [3.05, 3.63) is 69.2 Å². The average Bonchev–Trinajstić information content (AvgIpc) is 3.39. The fraction of sp³-hybridized carbons (Fsp3) is 0.552. The molecule has 7 nitrogen and oxygen atoms in total. The van der Waals surface area contributed by atoms with E-state index in [1.54, 1.807) is 37.3 Å². The molecule has 1 aliphatic rings. The average molecular weight is 622 g/mol. The summed E-state index contributed by atoms with van der Waals surface area (Å²) in [6.45, 7) is 4.76. The van der Waals surface area contributed by atoms with Gasteiger partial charge in [-0.3, -0.25) is 9.69 Å². The number of benzene rings is 2. The van der Waals surface area contributed by atoms with Crippen LogP contribution in [0.15, 0.2) is 42.5 Å². The van der Waals surface area contributed by atoms with Gasteiger partial charge in [0, 0.05) is 33.8 Å². The molecule has 0 N–H and O–H groups in total. The molecule has 2 unspecified atom stereocenters. The van der Waals surface area contributed by atoms with Gasteiger partial charge in [0.2, 0.25) is 5.91 Å². The van der Waals surface area contributed by atoms with Crippen LogP contribution >= 0.6 is 23.2 Å². The summed E-state index contributed by atoms with van der Waals surface area (Å²) in [6.07, 6.45) is -3.56. The Labute approximate surface area is 249 Å². The predicted molar refractivity (Wildman–Crippen MR) is 151 cm³/mol. The minimum atomic E-state index is -4.44. The van der Waals surface area contributed by atoms with Gasteiger partial charge in [0.05, 0.1) is 73.8 Å². The maximum atomic E-state index is 13.3. The maximum Gasteiger partial charge on any atom is 0.416 e. The summed E-state index contributed by atoms with van der Waals surface area (Å²) in [5.74, 6) is -0.191. The van der Waals surface area contributed by atoms with Crippen LogP contribution < -0.4 is 0 Å². The van der Waals surface area contributed by atoms with Gasteiger partial charge in [0.25, 0.3) is 0 Å². The van der Waals surface area contributed by atoms with Gasteiger partial charge in [-0.25, -0.2) is 0 Å². The van der Waals surface area contributed by atoms with Gasteiger partial charge in [0.15, 0.2) is 0 Å². The molecule has 0 saturated carbocycles. The summed E-state index contributed by atoms with van der Waals surface area (Å²) in [6, 6.07) is 9.53. The van der Waals surface area contributed by atoms with Crippen molar-refractivity contribution in [3.8, 4) is 0 Å². The highest BCUT2D eigenvalue weighted by molar-refractivity contribution is 6.42. The number of nitrogens with zero attached hydrogens (tertiary/aromatic N) is 2. The van der Waals surface area contributed by atoms with Crippen molar-refractivity contribution in [1.29, 1.82) is 0 Å².